The molecule has 0 aliphatic heterocycles. The van der Waals surface area contributed by atoms with Crippen molar-refractivity contribution in [1.29, 1.82) is 0 Å². The highest BCUT2D eigenvalue weighted by atomic mass is 32.2. The van der Waals surface area contributed by atoms with Gasteiger partial charge >= 0.3 is 0 Å². The van der Waals surface area contributed by atoms with E-state index in [1.54, 1.807) is 34.0 Å². The lowest BCUT2D eigenvalue weighted by atomic mass is 10.2. The zero-order chi connectivity index (χ0) is 17.6. The first-order valence-corrected chi connectivity index (χ1v) is 8.81. The number of nitrogens with one attached hydrogen (secondary N) is 2. The number of hydrogen-bond donors (Lipinski definition) is 2. The van der Waals surface area contributed by atoms with E-state index in [9.17, 15) is 13.2 Å². The molecule has 0 aliphatic carbocycles. The molecule has 0 aliphatic rings. The minimum atomic E-state index is -3.76. The average Bonchev–Trinajstić information content (AvgIpc) is 2.49. The Morgan fingerprint density at radius 1 is 1.35 bits per heavy atom. The SMILES string of the molecule is CNCCN(C)C(=O)c1ccc(OC)c(S(=O)(=O)NC(C)C)c1. The molecule has 0 aromatic heterocycles. The van der Waals surface area contributed by atoms with Crippen LogP contribution in [0.2, 0.25) is 0 Å². The van der Waals surface area contributed by atoms with Gasteiger partial charge in [0.25, 0.3) is 5.91 Å². The highest BCUT2D eigenvalue weighted by molar-refractivity contribution is 7.89. The molecular weight excluding hydrogens is 318 g/mol. The third kappa shape index (κ3) is 5.19. The summed E-state index contributed by atoms with van der Waals surface area (Å²) in [7, 11) is 1.10. The van der Waals surface area contributed by atoms with Gasteiger partial charge in [-0.2, -0.15) is 0 Å². The van der Waals surface area contributed by atoms with E-state index in [0.717, 1.165) is 0 Å². The first kappa shape index (κ1) is 19.4. The maximum Gasteiger partial charge on any atom is 0.253 e. The van der Waals surface area contributed by atoms with Crippen molar-refractivity contribution < 1.29 is 17.9 Å². The largest absolute Gasteiger partial charge is 0.495 e. The third-order valence-electron chi connectivity index (χ3n) is 3.13. The zero-order valence-electron chi connectivity index (χ0n) is 14.2. The topological polar surface area (TPSA) is 87.7 Å². The number of sulfonamides is 1. The van der Waals surface area contributed by atoms with Gasteiger partial charge in [0.05, 0.1) is 7.11 Å². The second-order valence-electron chi connectivity index (χ2n) is 5.47. The number of amides is 1. The third-order valence-corrected chi connectivity index (χ3v) is 4.81. The van der Waals surface area contributed by atoms with Crippen LogP contribution in [-0.4, -0.2) is 59.6 Å². The Morgan fingerprint density at radius 3 is 2.52 bits per heavy atom. The van der Waals surface area contributed by atoms with E-state index in [1.807, 2.05) is 0 Å². The summed E-state index contributed by atoms with van der Waals surface area (Å²) in [5.74, 6) is -0.0449. The van der Waals surface area contributed by atoms with Crippen LogP contribution in [0.1, 0.15) is 24.2 Å². The van der Waals surface area contributed by atoms with Crippen molar-refractivity contribution in [2.24, 2.45) is 0 Å². The molecule has 1 rings (SSSR count). The van der Waals surface area contributed by atoms with Crippen LogP contribution in [-0.2, 0) is 10.0 Å². The smallest absolute Gasteiger partial charge is 0.253 e. The molecule has 1 aromatic carbocycles. The summed E-state index contributed by atoms with van der Waals surface area (Å²) in [4.78, 5) is 13.9. The van der Waals surface area contributed by atoms with Crippen LogP contribution in [0, 0.1) is 0 Å². The zero-order valence-corrected chi connectivity index (χ0v) is 15.0. The van der Waals surface area contributed by atoms with Crippen molar-refractivity contribution in [3.05, 3.63) is 23.8 Å². The molecule has 1 aromatic rings. The van der Waals surface area contributed by atoms with E-state index < -0.39 is 10.0 Å². The lowest BCUT2D eigenvalue weighted by Crippen LogP contribution is -2.33. The number of benzene rings is 1. The van der Waals surface area contributed by atoms with Gasteiger partial charge in [0.15, 0.2) is 0 Å². The van der Waals surface area contributed by atoms with Gasteiger partial charge in [-0.1, -0.05) is 0 Å². The molecule has 0 fully saturated rings. The van der Waals surface area contributed by atoms with Crippen molar-refractivity contribution in [2.75, 3.05) is 34.3 Å². The van der Waals surface area contributed by atoms with E-state index in [1.165, 1.54) is 24.1 Å². The molecule has 0 saturated heterocycles. The van der Waals surface area contributed by atoms with Gasteiger partial charge in [-0.25, -0.2) is 13.1 Å². The van der Waals surface area contributed by atoms with E-state index >= 15 is 0 Å². The van der Waals surface area contributed by atoms with Crippen LogP contribution in [0.25, 0.3) is 0 Å². The summed E-state index contributed by atoms with van der Waals surface area (Å²) in [6, 6.07) is 4.14. The second-order valence-corrected chi connectivity index (χ2v) is 7.15. The van der Waals surface area contributed by atoms with Crippen LogP contribution in [0.4, 0.5) is 0 Å². The normalized spacial score (nSPS) is 11.6. The average molecular weight is 343 g/mol. The van der Waals surface area contributed by atoms with Gasteiger partial charge in [0.2, 0.25) is 10.0 Å². The highest BCUT2D eigenvalue weighted by Crippen LogP contribution is 2.25. The number of carbonyl (C=O) groups excluding carboxylic acids is 1. The van der Waals surface area contributed by atoms with Crippen LogP contribution >= 0.6 is 0 Å². The number of likely N-dealkylation sites (N-methyl/N-ethyl adjacent to an activating group) is 2. The molecule has 0 heterocycles. The second kappa shape index (κ2) is 8.28. The lowest BCUT2D eigenvalue weighted by molar-refractivity contribution is 0.0796. The number of methoxy groups -OCH3 is 1. The van der Waals surface area contributed by atoms with Gasteiger partial charge < -0.3 is 15.0 Å². The number of carbonyl (C=O) groups is 1. The summed E-state index contributed by atoms with van der Waals surface area (Å²) in [5, 5.41) is 2.96. The van der Waals surface area contributed by atoms with Gasteiger partial charge in [-0.3, -0.25) is 4.79 Å². The minimum absolute atomic E-state index is 0.0402. The summed E-state index contributed by atoms with van der Waals surface area (Å²) < 4.78 is 32.4. The van der Waals surface area contributed by atoms with Crippen LogP contribution in [0.5, 0.6) is 5.75 Å². The fraction of sp³-hybridized carbons (Fsp3) is 0.533. The Labute approximate surface area is 138 Å². The Morgan fingerprint density at radius 2 is 2.00 bits per heavy atom. The first-order chi connectivity index (χ1) is 10.7. The first-order valence-electron chi connectivity index (χ1n) is 7.33. The lowest BCUT2D eigenvalue weighted by Gasteiger charge is -2.18. The van der Waals surface area contributed by atoms with Crippen molar-refractivity contribution in [3.63, 3.8) is 0 Å². The standard InChI is InChI=1S/C15H25N3O4S/c1-11(2)17-23(20,21)14-10-12(6-7-13(14)22-5)15(19)18(4)9-8-16-3/h6-7,10-11,16-17H,8-9H2,1-5H3. The molecule has 0 atom stereocenters. The van der Waals surface area contributed by atoms with Crippen molar-refractivity contribution >= 4 is 15.9 Å². The summed E-state index contributed by atoms with van der Waals surface area (Å²) >= 11 is 0. The number of rotatable bonds is 8. The molecular formula is C15H25N3O4S. The molecule has 0 radical (unpaired) electrons. The highest BCUT2D eigenvalue weighted by Gasteiger charge is 2.23. The van der Waals surface area contributed by atoms with Gasteiger partial charge in [0, 0.05) is 31.7 Å². The van der Waals surface area contributed by atoms with Crippen LogP contribution < -0.4 is 14.8 Å². The van der Waals surface area contributed by atoms with Gasteiger partial charge in [-0.15, -0.1) is 0 Å². The van der Waals surface area contributed by atoms with E-state index in [0.29, 0.717) is 18.7 Å². The van der Waals surface area contributed by atoms with Crippen LogP contribution in [0.15, 0.2) is 23.1 Å². The van der Waals surface area contributed by atoms with E-state index in [4.69, 9.17) is 4.74 Å². The monoisotopic (exact) mass is 343 g/mol. The van der Waals surface area contributed by atoms with Gasteiger partial charge in [-0.05, 0) is 39.1 Å². The van der Waals surface area contributed by atoms with Crippen molar-refractivity contribution in [1.82, 2.24) is 14.9 Å². The predicted octanol–water partition coefficient (Wildman–Crippen LogP) is 0.673. The van der Waals surface area contributed by atoms with Gasteiger partial charge in [0.1, 0.15) is 10.6 Å². The molecule has 0 unspecified atom stereocenters. The molecule has 130 valence electrons. The predicted molar refractivity (Wildman–Crippen MR) is 89.3 cm³/mol. The van der Waals surface area contributed by atoms with E-state index in [2.05, 4.69) is 10.0 Å². The molecule has 1 amide bonds. The maximum atomic E-state index is 12.4. The van der Waals surface area contributed by atoms with Crippen molar-refractivity contribution in [3.8, 4) is 5.75 Å². The number of ether oxygens (including phenoxy) is 1. The quantitative estimate of drug-likeness (QED) is 0.724. The fourth-order valence-electron chi connectivity index (χ4n) is 1.99. The molecule has 0 saturated carbocycles. The summed E-state index contributed by atoms with van der Waals surface area (Å²) in [6.45, 7) is 4.63. The summed E-state index contributed by atoms with van der Waals surface area (Å²) in [6.07, 6.45) is 0. The Kier molecular flexibility index (Phi) is 6.99. The Balaban J connectivity index is 3.20. The Bertz CT molecular complexity index is 644. The molecule has 2 N–H and O–H groups in total. The van der Waals surface area contributed by atoms with Crippen LogP contribution in [0.3, 0.4) is 0 Å². The Hall–Kier alpha value is -1.64. The van der Waals surface area contributed by atoms with Crippen molar-refractivity contribution in [2.45, 2.75) is 24.8 Å². The molecule has 23 heavy (non-hydrogen) atoms. The number of hydrogen-bond acceptors (Lipinski definition) is 5. The van der Waals surface area contributed by atoms with E-state index in [-0.39, 0.29) is 22.6 Å². The molecule has 0 bridgehead atoms. The number of nitrogens with zero attached hydrogens (tertiary/aromatic N) is 1. The molecule has 0 spiro atoms. The summed E-state index contributed by atoms with van der Waals surface area (Å²) in [5.41, 5.74) is 0.300. The minimum Gasteiger partial charge on any atom is -0.495 e. The fourth-order valence-corrected chi connectivity index (χ4v) is 3.44. The molecule has 8 heteroatoms. The molecule has 7 nitrogen and oxygen atoms in total. The maximum absolute atomic E-state index is 12.4.